The van der Waals surface area contributed by atoms with Gasteiger partial charge in [-0.2, -0.15) is 0 Å². The van der Waals surface area contributed by atoms with Gasteiger partial charge in [0.05, 0.1) is 16.2 Å². The Morgan fingerprint density at radius 2 is 1.09 bits per heavy atom. The molecule has 0 aromatic heterocycles. The summed E-state index contributed by atoms with van der Waals surface area (Å²) in [4.78, 5) is 59.5. The Morgan fingerprint density at radius 3 is 1.53 bits per heavy atom. The number of carbonyl (C=O) groups excluding carboxylic acids is 5. The van der Waals surface area contributed by atoms with Crippen LogP contribution in [0.5, 0.6) is 0 Å². The standard InChI is InChI=1S/C21H34O4.C16H30O2.C11H18O3/c1-6-19(2,3)18(23)24-13-17(22)25-20(4,5)21-10-14-7-15(11-21)9-16(8-14)12-21;1-7-15(3,4)14(17)18-16(5,6)13-10-8-12(2)9-11-13;1-4-11(2,3)10(13)14-9-7-5-6-8(9)12/h14-16H,6-13H2,1-5H3;12-13H,7-11H2,1-6H3;9H,4-7H2,1-3H3. The fraction of sp³-hybridized carbons (Fsp3) is 0.896. The molecule has 4 bridgehead atoms. The van der Waals surface area contributed by atoms with Gasteiger partial charge in [-0.1, -0.05) is 40.5 Å². The van der Waals surface area contributed by atoms with Gasteiger partial charge in [-0.3, -0.25) is 19.2 Å². The molecule has 0 spiro atoms. The van der Waals surface area contributed by atoms with Crippen LogP contribution < -0.4 is 0 Å². The highest BCUT2D eigenvalue weighted by atomic mass is 16.6. The second kappa shape index (κ2) is 19.3. The average Bonchev–Trinajstić information content (AvgIpc) is 3.53. The smallest absolute Gasteiger partial charge is 0.344 e. The molecule has 328 valence electrons. The van der Waals surface area contributed by atoms with Gasteiger partial charge < -0.3 is 18.9 Å². The summed E-state index contributed by atoms with van der Waals surface area (Å²) >= 11 is 0. The molecule has 0 heterocycles. The van der Waals surface area contributed by atoms with E-state index in [0.717, 1.165) is 42.9 Å². The maximum atomic E-state index is 12.4. The van der Waals surface area contributed by atoms with Crippen molar-refractivity contribution in [3.8, 4) is 0 Å². The Kier molecular flexibility index (Phi) is 16.6. The largest absolute Gasteiger partial charge is 0.459 e. The predicted molar refractivity (Wildman–Crippen MR) is 224 cm³/mol. The topological polar surface area (TPSA) is 122 Å². The molecule has 0 aliphatic heterocycles. The fourth-order valence-corrected chi connectivity index (χ4v) is 9.64. The lowest BCUT2D eigenvalue weighted by atomic mass is 9.46. The van der Waals surface area contributed by atoms with Crippen molar-refractivity contribution in [1.29, 1.82) is 0 Å². The molecule has 0 radical (unpaired) electrons. The van der Waals surface area contributed by atoms with Gasteiger partial charge in [0, 0.05) is 11.8 Å². The van der Waals surface area contributed by atoms with E-state index in [2.05, 4.69) is 34.6 Å². The van der Waals surface area contributed by atoms with Gasteiger partial charge in [-0.15, -0.1) is 0 Å². The summed E-state index contributed by atoms with van der Waals surface area (Å²) in [7, 11) is 0. The predicted octanol–water partition coefficient (Wildman–Crippen LogP) is 11.2. The molecule has 1 atom stereocenters. The first-order valence-electron chi connectivity index (χ1n) is 22.6. The van der Waals surface area contributed by atoms with Crippen molar-refractivity contribution in [3.63, 3.8) is 0 Å². The Morgan fingerprint density at radius 1 is 0.632 bits per heavy atom. The highest BCUT2D eigenvalue weighted by Gasteiger charge is 2.58. The van der Waals surface area contributed by atoms with Gasteiger partial charge in [-0.25, -0.2) is 4.79 Å². The molecule has 0 aromatic carbocycles. The van der Waals surface area contributed by atoms with Gasteiger partial charge in [0.2, 0.25) is 0 Å². The maximum absolute atomic E-state index is 12.4. The number of ether oxygens (including phenoxy) is 4. The molecule has 57 heavy (non-hydrogen) atoms. The molecule has 6 fully saturated rings. The number of carbonyl (C=O) groups is 5. The molecule has 0 N–H and O–H groups in total. The van der Waals surface area contributed by atoms with E-state index >= 15 is 0 Å². The first kappa shape index (κ1) is 48.9. The SMILES string of the molecule is CCC(C)(C)C(=O)OC(C)(C)C1CCC(C)CC1.CCC(C)(C)C(=O)OC1CCCC1=O.CCC(C)(C)C(=O)OCC(=O)OC(C)(C)C12CC3CC(CC(C3)C1)C2. The number of rotatable bonds is 13. The Balaban J connectivity index is 0.000000241. The van der Waals surface area contributed by atoms with Crippen LogP contribution >= 0.6 is 0 Å². The van der Waals surface area contributed by atoms with E-state index in [1.165, 1.54) is 64.2 Å². The molecule has 6 aliphatic rings. The van der Waals surface area contributed by atoms with Gasteiger partial charge in [0.15, 0.2) is 18.5 Å². The van der Waals surface area contributed by atoms with E-state index in [9.17, 15) is 24.0 Å². The monoisotopic (exact) mass is 803 g/mol. The highest BCUT2D eigenvalue weighted by molar-refractivity contribution is 5.88. The minimum Gasteiger partial charge on any atom is -0.459 e. The Labute approximate surface area is 346 Å². The van der Waals surface area contributed by atoms with Crippen LogP contribution in [0, 0.1) is 51.2 Å². The Hall–Kier alpha value is -2.45. The van der Waals surface area contributed by atoms with Crippen LogP contribution in [0.2, 0.25) is 0 Å². The highest BCUT2D eigenvalue weighted by Crippen LogP contribution is 2.64. The quantitative estimate of drug-likeness (QED) is 0.132. The van der Waals surface area contributed by atoms with Crippen LogP contribution in [-0.4, -0.2) is 53.6 Å². The van der Waals surface area contributed by atoms with Crippen molar-refractivity contribution in [1.82, 2.24) is 0 Å². The van der Waals surface area contributed by atoms with Crippen LogP contribution in [0.15, 0.2) is 0 Å². The van der Waals surface area contributed by atoms with Crippen molar-refractivity contribution >= 4 is 29.7 Å². The molecule has 1 unspecified atom stereocenters. The van der Waals surface area contributed by atoms with Crippen LogP contribution in [0.3, 0.4) is 0 Å². The van der Waals surface area contributed by atoms with E-state index in [1.807, 2.05) is 62.3 Å². The molecular formula is C48H82O9. The molecule has 0 saturated heterocycles. The summed E-state index contributed by atoms with van der Waals surface area (Å²) in [5.74, 6) is 2.82. The van der Waals surface area contributed by atoms with Crippen molar-refractivity contribution in [2.75, 3.05) is 6.61 Å². The number of hydrogen-bond acceptors (Lipinski definition) is 9. The first-order chi connectivity index (χ1) is 26.2. The molecule has 6 saturated carbocycles. The van der Waals surface area contributed by atoms with E-state index in [4.69, 9.17) is 18.9 Å². The van der Waals surface area contributed by atoms with Gasteiger partial charge in [0.1, 0.15) is 11.2 Å². The number of Topliss-reactive ketones (excluding diaryl/α,β-unsaturated/α-hetero) is 1. The molecule has 9 heteroatoms. The molecule has 6 rings (SSSR count). The van der Waals surface area contributed by atoms with Gasteiger partial charge >= 0.3 is 23.9 Å². The van der Waals surface area contributed by atoms with Gasteiger partial charge in [-0.05, 0) is 182 Å². The lowest BCUT2D eigenvalue weighted by Gasteiger charge is -2.61. The summed E-state index contributed by atoms with van der Waals surface area (Å²) in [6.45, 7) is 27.5. The zero-order valence-corrected chi connectivity index (χ0v) is 38.7. The van der Waals surface area contributed by atoms with Crippen molar-refractivity contribution in [2.24, 2.45) is 51.2 Å². The van der Waals surface area contributed by atoms with Crippen molar-refractivity contribution < 1.29 is 42.9 Å². The third-order valence-electron chi connectivity index (χ3n) is 15.2. The van der Waals surface area contributed by atoms with E-state index in [-0.39, 0.29) is 46.7 Å². The normalized spacial score (nSPS) is 28.6. The average molecular weight is 803 g/mol. The lowest BCUT2D eigenvalue weighted by Crippen LogP contribution is -2.57. The minimum absolute atomic E-state index is 0.0476. The Bertz CT molecular complexity index is 1360. The van der Waals surface area contributed by atoms with Crippen LogP contribution in [0.4, 0.5) is 0 Å². The second-order valence-electron chi connectivity index (χ2n) is 21.7. The molecule has 6 aliphatic carbocycles. The number of hydrogen-bond donors (Lipinski definition) is 0. The second-order valence-corrected chi connectivity index (χ2v) is 21.7. The number of esters is 4. The number of ketones is 1. The summed E-state index contributed by atoms with van der Waals surface area (Å²) < 4.78 is 22.1. The van der Waals surface area contributed by atoms with Gasteiger partial charge in [0.25, 0.3) is 0 Å². The molecular weight excluding hydrogens is 721 g/mol. The maximum Gasteiger partial charge on any atom is 0.344 e. The van der Waals surface area contributed by atoms with E-state index < -0.39 is 28.5 Å². The van der Waals surface area contributed by atoms with Crippen molar-refractivity contribution in [3.05, 3.63) is 0 Å². The zero-order chi connectivity index (χ0) is 43.2. The van der Waals surface area contributed by atoms with E-state index in [0.29, 0.717) is 25.2 Å². The lowest BCUT2D eigenvalue weighted by molar-refractivity contribution is -0.203. The van der Waals surface area contributed by atoms with Crippen LogP contribution in [0.1, 0.15) is 200 Å². The summed E-state index contributed by atoms with van der Waals surface area (Å²) in [6, 6.07) is 0. The summed E-state index contributed by atoms with van der Waals surface area (Å²) in [5, 5.41) is 0. The molecule has 9 nitrogen and oxygen atoms in total. The minimum atomic E-state index is -0.560. The summed E-state index contributed by atoms with van der Waals surface area (Å²) in [6.07, 6.45) is 16.4. The molecule has 0 aromatic rings. The van der Waals surface area contributed by atoms with Crippen LogP contribution in [0.25, 0.3) is 0 Å². The van der Waals surface area contributed by atoms with Crippen LogP contribution in [-0.2, 0) is 42.9 Å². The summed E-state index contributed by atoms with van der Waals surface area (Å²) in [5.41, 5.74) is -2.08. The third-order valence-corrected chi connectivity index (χ3v) is 15.2. The fourth-order valence-electron chi connectivity index (χ4n) is 9.64. The zero-order valence-electron chi connectivity index (χ0n) is 38.7. The first-order valence-corrected chi connectivity index (χ1v) is 22.6. The molecule has 0 amide bonds. The third kappa shape index (κ3) is 12.8. The van der Waals surface area contributed by atoms with E-state index in [1.54, 1.807) is 0 Å². The van der Waals surface area contributed by atoms with Crippen molar-refractivity contribution in [2.45, 2.75) is 217 Å².